The third-order valence-corrected chi connectivity index (χ3v) is 3.86. The summed E-state index contributed by atoms with van der Waals surface area (Å²) in [5, 5.41) is 7.96. The Bertz CT molecular complexity index is 444. The summed E-state index contributed by atoms with van der Waals surface area (Å²) in [6.45, 7) is 1.00. The molecule has 0 fully saturated rings. The number of hydrogen-bond acceptors (Lipinski definition) is 4. The van der Waals surface area contributed by atoms with Crippen LogP contribution in [0.25, 0.3) is 0 Å². The van der Waals surface area contributed by atoms with Gasteiger partial charge in [0, 0.05) is 0 Å². The SMILES string of the molecule is COc1ccccc1NS(=O)(=O)C(C)CO. The van der Waals surface area contributed by atoms with Crippen molar-refractivity contribution < 1.29 is 18.3 Å². The summed E-state index contributed by atoms with van der Waals surface area (Å²) in [6, 6.07) is 6.69. The number of hydrogen-bond donors (Lipinski definition) is 2. The molecule has 1 atom stereocenters. The summed E-state index contributed by atoms with van der Waals surface area (Å²) in [7, 11) is -2.12. The molecule has 0 radical (unpaired) electrons. The molecule has 16 heavy (non-hydrogen) atoms. The van der Waals surface area contributed by atoms with E-state index in [0.717, 1.165) is 0 Å². The largest absolute Gasteiger partial charge is 0.495 e. The Morgan fingerprint density at radius 1 is 1.44 bits per heavy atom. The van der Waals surface area contributed by atoms with E-state index in [1.165, 1.54) is 14.0 Å². The smallest absolute Gasteiger partial charge is 0.237 e. The van der Waals surface area contributed by atoms with Crippen LogP contribution in [0, 0.1) is 0 Å². The number of aliphatic hydroxyl groups is 1. The summed E-state index contributed by atoms with van der Waals surface area (Å²) in [4.78, 5) is 0. The first-order valence-electron chi connectivity index (χ1n) is 4.76. The molecule has 6 heteroatoms. The quantitative estimate of drug-likeness (QED) is 0.805. The fourth-order valence-electron chi connectivity index (χ4n) is 1.08. The van der Waals surface area contributed by atoms with E-state index in [1.807, 2.05) is 0 Å². The number of benzene rings is 1. The molecule has 1 aromatic rings. The lowest BCUT2D eigenvalue weighted by Gasteiger charge is -2.14. The molecule has 5 nitrogen and oxygen atoms in total. The van der Waals surface area contributed by atoms with E-state index in [1.54, 1.807) is 24.3 Å². The van der Waals surface area contributed by atoms with E-state index in [2.05, 4.69) is 4.72 Å². The number of para-hydroxylation sites is 2. The van der Waals surface area contributed by atoms with Crippen LogP contribution >= 0.6 is 0 Å². The van der Waals surface area contributed by atoms with Crippen LogP contribution in [0.5, 0.6) is 5.75 Å². The molecule has 0 aliphatic heterocycles. The van der Waals surface area contributed by atoms with Gasteiger partial charge in [-0.15, -0.1) is 0 Å². The third kappa shape index (κ3) is 2.86. The van der Waals surface area contributed by atoms with Gasteiger partial charge in [0.15, 0.2) is 0 Å². The van der Waals surface area contributed by atoms with E-state index in [9.17, 15) is 8.42 Å². The topological polar surface area (TPSA) is 75.6 Å². The summed E-state index contributed by atoms with van der Waals surface area (Å²) in [5.41, 5.74) is 0.366. The van der Waals surface area contributed by atoms with Gasteiger partial charge in [-0.05, 0) is 19.1 Å². The van der Waals surface area contributed by atoms with Crippen molar-refractivity contribution in [2.45, 2.75) is 12.2 Å². The Kier molecular flexibility index (Phi) is 4.14. The maximum absolute atomic E-state index is 11.7. The lowest BCUT2D eigenvalue weighted by Crippen LogP contribution is -2.28. The number of nitrogens with one attached hydrogen (secondary N) is 1. The number of rotatable bonds is 5. The van der Waals surface area contributed by atoms with Crippen molar-refractivity contribution in [3.8, 4) is 5.75 Å². The highest BCUT2D eigenvalue weighted by atomic mass is 32.2. The second-order valence-electron chi connectivity index (χ2n) is 3.34. The predicted octanol–water partition coefficient (Wildman–Crippen LogP) is 0.818. The van der Waals surface area contributed by atoms with Crippen molar-refractivity contribution in [2.24, 2.45) is 0 Å². The minimum atomic E-state index is -3.58. The summed E-state index contributed by atoms with van der Waals surface area (Å²) < 4.78 is 30.7. The van der Waals surface area contributed by atoms with Gasteiger partial charge in [0.2, 0.25) is 10.0 Å². The average Bonchev–Trinajstić information content (AvgIpc) is 2.28. The van der Waals surface area contributed by atoms with E-state index >= 15 is 0 Å². The minimum Gasteiger partial charge on any atom is -0.495 e. The Hall–Kier alpha value is -1.27. The predicted molar refractivity (Wildman–Crippen MR) is 62.1 cm³/mol. The van der Waals surface area contributed by atoms with Crippen LogP contribution in [0.15, 0.2) is 24.3 Å². The first kappa shape index (κ1) is 12.8. The maximum Gasteiger partial charge on any atom is 0.237 e. The van der Waals surface area contributed by atoms with Gasteiger partial charge in [0.1, 0.15) is 11.0 Å². The lowest BCUT2D eigenvalue weighted by atomic mass is 10.3. The van der Waals surface area contributed by atoms with Crippen LogP contribution in [0.2, 0.25) is 0 Å². The molecule has 0 aromatic heterocycles. The number of aliphatic hydroxyl groups excluding tert-OH is 1. The van der Waals surface area contributed by atoms with Crippen LogP contribution in [0.1, 0.15) is 6.92 Å². The van der Waals surface area contributed by atoms with Gasteiger partial charge in [0.05, 0.1) is 19.4 Å². The van der Waals surface area contributed by atoms with Crippen molar-refractivity contribution in [1.82, 2.24) is 0 Å². The molecule has 2 N–H and O–H groups in total. The summed E-state index contributed by atoms with van der Waals surface area (Å²) in [6.07, 6.45) is 0. The van der Waals surface area contributed by atoms with Gasteiger partial charge in [-0.3, -0.25) is 4.72 Å². The van der Waals surface area contributed by atoms with Gasteiger partial charge in [-0.1, -0.05) is 12.1 Å². The first-order chi connectivity index (χ1) is 7.51. The molecule has 0 amide bonds. The van der Waals surface area contributed by atoms with E-state index in [0.29, 0.717) is 11.4 Å². The first-order valence-corrected chi connectivity index (χ1v) is 6.31. The molecule has 0 spiro atoms. The average molecular weight is 245 g/mol. The molecule has 0 saturated heterocycles. The van der Waals surface area contributed by atoms with Crippen molar-refractivity contribution in [2.75, 3.05) is 18.4 Å². The van der Waals surface area contributed by atoms with E-state index in [-0.39, 0.29) is 0 Å². The third-order valence-electron chi connectivity index (χ3n) is 2.15. The van der Waals surface area contributed by atoms with Crippen LogP contribution in [0.4, 0.5) is 5.69 Å². The molecule has 0 saturated carbocycles. The van der Waals surface area contributed by atoms with Gasteiger partial charge in [-0.2, -0.15) is 0 Å². The van der Waals surface area contributed by atoms with E-state index in [4.69, 9.17) is 9.84 Å². The highest BCUT2D eigenvalue weighted by molar-refractivity contribution is 7.93. The second kappa shape index (κ2) is 5.18. The Morgan fingerprint density at radius 2 is 2.06 bits per heavy atom. The normalized spacial score (nSPS) is 13.2. The highest BCUT2D eigenvalue weighted by Crippen LogP contribution is 2.24. The number of ether oxygens (including phenoxy) is 1. The molecule has 0 bridgehead atoms. The zero-order valence-electron chi connectivity index (χ0n) is 9.17. The summed E-state index contributed by atoms with van der Waals surface area (Å²) >= 11 is 0. The molecule has 1 rings (SSSR count). The van der Waals surface area contributed by atoms with Gasteiger partial charge in [0.25, 0.3) is 0 Å². The molecular weight excluding hydrogens is 230 g/mol. The minimum absolute atomic E-state index is 0.366. The van der Waals surface area contributed by atoms with Crippen LogP contribution in [0.3, 0.4) is 0 Å². The maximum atomic E-state index is 11.7. The van der Waals surface area contributed by atoms with Crippen molar-refractivity contribution in [3.05, 3.63) is 24.3 Å². The molecule has 90 valence electrons. The summed E-state index contributed by atoms with van der Waals surface area (Å²) in [5.74, 6) is 0.441. The number of sulfonamides is 1. The lowest BCUT2D eigenvalue weighted by molar-refractivity contribution is 0.296. The van der Waals surface area contributed by atoms with Gasteiger partial charge >= 0.3 is 0 Å². The van der Waals surface area contributed by atoms with Crippen molar-refractivity contribution in [1.29, 1.82) is 0 Å². The molecular formula is C10H15NO4S. The van der Waals surface area contributed by atoms with Crippen LogP contribution in [-0.4, -0.2) is 32.5 Å². The van der Waals surface area contributed by atoms with Gasteiger partial charge in [-0.25, -0.2) is 8.42 Å². The van der Waals surface area contributed by atoms with E-state index < -0.39 is 21.9 Å². The highest BCUT2D eigenvalue weighted by Gasteiger charge is 2.20. The Labute approximate surface area is 95.1 Å². The Morgan fingerprint density at radius 3 is 2.62 bits per heavy atom. The molecule has 0 heterocycles. The van der Waals surface area contributed by atoms with Gasteiger partial charge < -0.3 is 9.84 Å². The number of anilines is 1. The second-order valence-corrected chi connectivity index (χ2v) is 5.44. The molecule has 0 aliphatic rings. The molecule has 1 aromatic carbocycles. The molecule has 0 aliphatic carbocycles. The van der Waals surface area contributed by atoms with Crippen molar-refractivity contribution >= 4 is 15.7 Å². The fourth-order valence-corrected chi connectivity index (χ4v) is 1.95. The van der Waals surface area contributed by atoms with Crippen LogP contribution < -0.4 is 9.46 Å². The Balaban J connectivity index is 2.96. The fraction of sp³-hybridized carbons (Fsp3) is 0.400. The number of methoxy groups -OCH3 is 1. The monoisotopic (exact) mass is 245 g/mol. The zero-order chi connectivity index (χ0) is 12.2. The molecule has 1 unspecified atom stereocenters. The van der Waals surface area contributed by atoms with Crippen LogP contribution in [-0.2, 0) is 10.0 Å². The zero-order valence-corrected chi connectivity index (χ0v) is 9.99. The van der Waals surface area contributed by atoms with Crippen molar-refractivity contribution in [3.63, 3.8) is 0 Å². The standard InChI is InChI=1S/C10H15NO4S/c1-8(7-12)16(13,14)11-9-5-3-4-6-10(9)15-2/h3-6,8,11-12H,7H2,1-2H3.